The van der Waals surface area contributed by atoms with E-state index in [9.17, 15) is 4.79 Å². The number of likely N-dealkylation sites (tertiary alicyclic amines) is 1. The summed E-state index contributed by atoms with van der Waals surface area (Å²) in [7, 11) is 0. The number of piperidine rings is 1. The summed E-state index contributed by atoms with van der Waals surface area (Å²) in [5.74, 6) is 1.69. The predicted octanol–water partition coefficient (Wildman–Crippen LogP) is 1.75. The van der Waals surface area contributed by atoms with Crippen molar-refractivity contribution < 1.29 is 4.42 Å². The molecular weight excluding hydrogens is 268 g/mol. The van der Waals surface area contributed by atoms with E-state index in [1.165, 1.54) is 0 Å². The van der Waals surface area contributed by atoms with Gasteiger partial charge in [-0.15, -0.1) is 0 Å². The number of H-pyrrole nitrogens is 1. The first-order valence-electron chi connectivity index (χ1n) is 7.31. The van der Waals surface area contributed by atoms with Crippen molar-refractivity contribution in [2.45, 2.75) is 39.2 Å². The molecule has 3 rings (SSSR count). The summed E-state index contributed by atoms with van der Waals surface area (Å²) in [5, 5.41) is 0. The van der Waals surface area contributed by atoms with E-state index < -0.39 is 0 Å². The quantitative estimate of drug-likeness (QED) is 0.931. The molecule has 0 spiro atoms. The van der Waals surface area contributed by atoms with Gasteiger partial charge in [0.25, 0.3) is 5.56 Å². The van der Waals surface area contributed by atoms with E-state index in [4.69, 9.17) is 4.42 Å². The van der Waals surface area contributed by atoms with Crippen molar-refractivity contribution >= 4 is 0 Å². The van der Waals surface area contributed by atoms with Crippen LogP contribution in [0.3, 0.4) is 0 Å². The van der Waals surface area contributed by atoms with Gasteiger partial charge in [0.1, 0.15) is 12.1 Å². The lowest BCUT2D eigenvalue weighted by Crippen LogP contribution is -2.34. The number of aromatic nitrogens is 3. The number of hydrogen-bond donors (Lipinski definition) is 1. The fourth-order valence-electron chi connectivity index (χ4n) is 2.96. The average molecular weight is 288 g/mol. The van der Waals surface area contributed by atoms with Crippen LogP contribution in [0.1, 0.15) is 41.9 Å². The van der Waals surface area contributed by atoms with Crippen molar-refractivity contribution in [3.8, 4) is 0 Å². The van der Waals surface area contributed by atoms with Gasteiger partial charge in [0.15, 0.2) is 5.89 Å². The Morgan fingerprint density at radius 2 is 2.29 bits per heavy atom. The monoisotopic (exact) mass is 288 g/mol. The van der Waals surface area contributed by atoms with Gasteiger partial charge in [-0.2, -0.15) is 0 Å². The minimum atomic E-state index is -0.0678. The summed E-state index contributed by atoms with van der Waals surface area (Å²) in [6.07, 6.45) is 3.90. The van der Waals surface area contributed by atoms with Crippen LogP contribution in [0, 0.1) is 13.8 Å². The maximum Gasteiger partial charge on any atom is 0.251 e. The molecule has 6 heteroatoms. The molecule has 2 aromatic rings. The van der Waals surface area contributed by atoms with Gasteiger partial charge < -0.3 is 9.40 Å². The van der Waals surface area contributed by atoms with E-state index in [-0.39, 0.29) is 5.56 Å². The van der Waals surface area contributed by atoms with Crippen LogP contribution in [0.25, 0.3) is 0 Å². The van der Waals surface area contributed by atoms with Gasteiger partial charge in [0.05, 0.1) is 11.4 Å². The lowest BCUT2D eigenvalue weighted by Gasteiger charge is -2.31. The van der Waals surface area contributed by atoms with Crippen LogP contribution >= 0.6 is 0 Å². The summed E-state index contributed by atoms with van der Waals surface area (Å²) in [4.78, 5) is 25.5. The van der Waals surface area contributed by atoms with Crippen LogP contribution in [0.2, 0.25) is 0 Å². The first-order chi connectivity index (χ1) is 10.1. The maximum absolute atomic E-state index is 11.6. The highest BCUT2D eigenvalue weighted by atomic mass is 16.3. The van der Waals surface area contributed by atoms with E-state index in [0.717, 1.165) is 43.9 Å². The molecule has 3 heterocycles. The highest BCUT2D eigenvalue weighted by molar-refractivity contribution is 5.10. The normalized spacial score (nSPS) is 19.8. The fraction of sp³-hybridized carbons (Fsp3) is 0.533. The molecule has 21 heavy (non-hydrogen) atoms. The largest absolute Gasteiger partial charge is 0.449 e. The smallest absolute Gasteiger partial charge is 0.251 e. The van der Waals surface area contributed by atoms with Gasteiger partial charge in [0, 0.05) is 32.0 Å². The Balaban J connectivity index is 1.71. The molecule has 0 unspecified atom stereocenters. The third-order valence-corrected chi connectivity index (χ3v) is 3.86. The zero-order valence-electron chi connectivity index (χ0n) is 12.4. The van der Waals surface area contributed by atoms with Gasteiger partial charge in [-0.3, -0.25) is 9.69 Å². The van der Waals surface area contributed by atoms with Gasteiger partial charge in [-0.05, 0) is 26.3 Å². The second-order valence-corrected chi connectivity index (χ2v) is 5.69. The fourth-order valence-corrected chi connectivity index (χ4v) is 2.96. The number of oxazole rings is 1. The van der Waals surface area contributed by atoms with Crippen LogP contribution in [-0.4, -0.2) is 32.9 Å². The Bertz CT molecular complexity index is 676. The Hall–Kier alpha value is -1.95. The molecule has 0 saturated carbocycles. The van der Waals surface area contributed by atoms with Crippen molar-refractivity contribution in [1.82, 2.24) is 19.9 Å². The number of aryl methyl sites for hydroxylation is 2. The summed E-state index contributed by atoms with van der Waals surface area (Å²) >= 11 is 0. The first-order valence-corrected chi connectivity index (χ1v) is 7.31. The molecule has 1 N–H and O–H groups in total. The predicted molar refractivity (Wildman–Crippen MR) is 78.1 cm³/mol. The van der Waals surface area contributed by atoms with E-state index in [2.05, 4.69) is 19.9 Å². The standard InChI is InChI=1S/C15H20N4O2/c1-10-16-14(6-15(20)17-10)12-4-3-5-19(7-12)8-13-9-21-11(2)18-13/h6,9,12H,3-5,7-8H2,1-2H3,(H,16,17,20)/t12-/m0/s1. The minimum absolute atomic E-state index is 0.0678. The number of rotatable bonds is 3. The third-order valence-electron chi connectivity index (χ3n) is 3.86. The van der Waals surface area contributed by atoms with Gasteiger partial charge >= 0.3 is 0 Å². The highest BCUT2D eigenvalue weighted by Gasteiger charge is 2.23. The Morgan fingerprint density at radius 3 is 3.00 bits per heavy atom. The van der Waals surface area contributed by atoms with Crippen LogP contribution in [0.5, 0.6) is 0 Å². The highest BCUT2D eigenvalue weighted by Crippen LogP contribution is 2.25. The minimum Gasteiger partial charge on any atom is -0.449 e. The molecule has 112 valence electrons. The molecule has 1 saturated heterocycles. The van der Waals surface area contributed by atoms with Crippen LogP contribution in [-0.2, 0) is 6.54 Å². The van der Waals surface area contributed by atoms with Crippen molar-refractivity contribution in [1.29, 1.82) is 0 Å². The maximum atomic E-state index is 11.6. The molecule has 0 amide bonds. The van der Waals surface area contributed by atoms with Crippen molar-refractivity contribution in [3.05, 3.63) is 45.8 Å². The summed E-state index contributed by atoms with van der Waals surface area (Å²) in [6, 6.07) is 1.63. The SMILES string of the molecule is Cc1nc([C@H]2CCCN(Cc3coc(C)n3)C2)cc(=O)[nH]1. The lowest BCUT2D eigenvalue weighted by atomic mass is 9.94. The van der Waals surface area contributed by atoms with Gasteiger partial charge in [-0.1, -0.05) is 0 Å². The average Bonchev–Trinajstić information content (AvgIpc) is 2.83. The first kappa shape index (κ1) is 14.0. The zero-order chi connectivity index (χ0) is 14.8. The van der Waals surface area contributed by atoms with Gasteiger partial charge in [0.2, 0.25) is 0 Å². The molecule has 1 fully saturated rings. The molecule has 1 atom stereocenters. The van der Waals surface area contributed by atoms with E-state index in [0.29, 0.717) is 17.6 Å². The molecule has 1 aliphatic heterocycles. The van der Waals surface area contributed by atoms with Crippen LogP contribution in [0.15, 0.2) is 21.5 Å². The Labute approximate surface area is 123 Å². The number of nitrogens with zero attached hydrogens (tertiary/aromatic N) is 3. The van der Waals surface area contributed by atoms with Crippen LogP contribution in [0.4, 0.5) is 0 Å². The molecule has 2 aromatic heterocycles. The topological polar surface area (TPSA) is 75.0 Å². The van der Waals surface area contributed by atoms with E-state index >= 15 is 0 Å². The molecule has 0 radical (unpaired) electrons. The van der Waals surface area contributed by atoms with Crippen molar-refractivity contribution in [2.24, 2.45) is 0 Å². The third kappa shape index (κ3) is 3.39. The van der Waals surface area contributed by atoms with Crippen LogP contribution < -0.4 is 5.56 Å². The molecule has 0 aromatic carbocycles. The molecular formula is C15H20N4O2. The lowest BCUT2D eigenvalue weighted by molar-refractivity contribution is 0.196. The number of hydrogen-bond acceptors (Lipinski definition) is 5. The molecule has 0 aliphatic carbocycles. The molecule has 1 aliphatic rings. The van der Waals surface area contributed by atoms with Crippen molar-refractivity contribution in [3.63, 3.8) is 0 Å². The number of nitrogens with one attached hydrogen (secondary N) is 1. The molecule has 6 nitrogen and oxygen atoms in total. The van der Waals surface area contributed by atoms with E-state index in [1.807, 2.05) is 13.8 Å². The second-order valence-electron chi connectivity index (χ2n) is 5.69. The van der Waals surface area contributed by atoms with Crippen molar-refractivity contribution in [2.75, 3.05) is 13.1 Å². The summed E-state index contributed by atoms with van der Waals surface area (Å²) in [6.45, 7) is 6.41. The summed E-state index contributed by atoms with van der Waals surface area (Å²) in [5.41, 5.74) is 1.79. The second kappa shape index (κ2) is 5.81. The summed E-state index contributed by atoms with van der Waals surface area (Å²) < 4.78 is 5.25. The Morgan fingerprint density at radius 1 is 1.43 bits per heavy atom. The Kier molecular flexibility index (Phi) is 3.88. The zero-order valence-corrected chi connectivity index (χ0v) is 12.4. The molecule has 0 bridgehead atoms. The number of aromatic amines is 1. The van der Waals surface area contributed by atoms with Gasteiger partial charge in [-0.25, -0.2) is 9.97 Å². The van der Waals surface area contributed by atoms with E-state index in [1.54, 1.807) is 12.3 Å².